The minimum atomic E-state index is -0.357. The zero-order chi connectivity index (χ0) is 20.5. The molecule has 1 saturated carbocycles. The van der Waals surface area contributed by atoms with E-state index in [0.717, 1.165) is 30.3 Å². The fourth-order valence-electron chi connectivity index (χ4n) is 3.94. The molecule has 7 nitrogen and oxygen atoms in total. The first kappa shape index (κ1) is 19.7. The average molecular weight is 413 g/mol. The van der Waals surface area contributed by atoms with Crippen LogP contribution >= 0.6 is 11.8 Å². The number of benzene rings is 1. The second kappa shape index (κ2) is 8.02. The zero-order valence-electron chi connectivity index (χ0n) is 16.6. The monoisotopic (exact) mass is 412 g/mol. The summed E-state index contributed by atoms with van der Waals surface area (Å²) in [6.07, 6.45) is 5.36. The van der Waals surface area contributed by atoms with Crippen LogP contribution in [0.4, 0.5) is 0 Å². The van der Waals surface area contributed by atoms with Crippen LogP contribution in [0.25, 0.3) is 10.9 Å². The van der Waals surface area contributed by atoms with Crippen molar-refractivity contribution in [2.45, 2.75) is 49.1 Å². The van der Waals surface area contributed by atoms with Crippen LogP contribution in [0.3, 0.4) is 0 Å². The number of aromatic nitrogens is 4. The van der Waals surface area contributed by atoms with Crippen LogP contribution in [0.5, 0.6) is 0 Å². The van der Waals surface area contributed by atoms with E-state index in [1.807, 2.05) is 28.8 Å². The van der Waals surface area contributed by atoms with E-state index in [0.29, 0.717) is 27.5 Å². The Hall–Kier alpha value is -2.61. The fraction of sp³-hybridized carbons (Fsp3) is 0.429. The standard InChI is InChI=1S/C21H24N4O3S/c1-23-15(12-18(26)24(2)21(23)28)13-29-20-22-17-11-7-6-10-16(17)19(27)25(20)14-8-4-3-5-9-14/h6-7,10-12,14H,3-5,8-9,13H2,1-2H3. The maximum Gasteiger partial charge on any atom is 0.330 e. The van der Waals surface area contributed by atoms with Gasteiger partial charge in [-0.05, 0) is 25.0 Å². The van der Waals surface area contributed by atoms with Crippen molar-refractivity contribution >= 4 is 22.7 Å². The molecule has 0 bridgehead atoms. The van der Waals surface area contributed by atoms with Gasteiger partial charge in [0.25, 0.3) is 11.1 Å². The molecule has 3 aromatic rings. The van der Waals surface area contributed by atoms with Crippen molar-refractivity contribution in [2.24, 2.45) is 14.1 Å². The number of hydrogen-bond donors (Lipinski definition) is 0. The van der Waals surface area contributed by atoms with Crippen LogP contribution in [-0.2, 0) is 19.8 Å². The van der Waals surface area contributed by atoms with E-state index in [4.69, 9.17) is 4.98 Å². The van der Waals surface area contributed by atoms with Gasteiger partial charge in [0.15, 0.2) is 5.16 Å². The lowest BCUT2D eigenvalue weighted by molar-refractivity contribution is 0.326. The maximum atomic E-state index is 13.3. The van der Waals surface area contributed by atoms with E-state index < -0.39 is 0 Å². The van der Waals surface area contributed by atoms with Crippen LogP contribution < -0.4 is 16.8 Å². The summed E-state index contributed by atoms with van der Waals surface area (Å²) < 4.78 is 4.39. The van der Waals surface area contributed by atoms with Gasteiger partial charge in [-0.3, -0.25) is 23.3 Å². The van der Waals surface area contributed by atoms with E-state index >= 15 is 0 Å². The highest BCUT2D eigenvalue weighted by atomic mass is 32.2. The van der Waals surface area contributed by atoms with E-state index in [-0.39, 0.29) is 22.9 Å². The Morgan fingerprint density at radius 1 is 1.03 bits per heavy atom. The Morgan fingerprint density at radius 3 is 2.52 bits per heavy atom. The van der Waals surface area contributed by atoms with Crippen molar-refractivity contribution in [3.8, 4) is 0 Å². The maximum absolute atomic E-state index is 13.3. The molecule has 0 saturated heterocycles. The molecule has 0 unspecified atom stereocenters. The Balaban J connectivity index is 1.78. The molecule has 4 rings (SSSR count). The second-order valence-corrected chi connectivity index (χ2v) is 8.48. The van der Waals surface area contributed by atoms with Gasteiger partial charge in [-0.1, -0.05) is 43.2 Å². The van der Waals surface area contributed by atoms with Crippen LogP contribution in [0.1, 0.15) is 43.8 Å². The second-order valence-electron chi connectivity index (χ2n) is 7.54. The van der Waals surface area contributed by atoms with Crippen LogP contribution in [0.2, 0.25) is 0 Å². The summed E-state index contributed by atoms with van der Waals surface area (Å²) >= 11 is 1.40. The van der Waals surface area contributed by atoms with Crippen molar-refractivity contribution in [3.05, 3.63) is 67.2 Å². The molecule has 2 heterocycles. The molecule has 0 atom stereocenters. The number of hydrogen-bond acceptors (Lipinski definition) is 5. The van der Waals surface area contributed by atoms with Crippen molar-refractivity contribution in [2.75, 3.05) is 0 Å². The third kappa shape index (κ3) is 3.69. The van der Waals surface area contributed by atoms with Crippen LogP contribution in [0.15, 0.2) is 49.9 Å². The van der Waals surface area contributed by atoms with Gasteiger partial charge in [0.2, 0.25) is 0 Å². The molecule has 1 aromatic carbocycles. The van der Waals surface area contributed by atoms with E-state index in [1.165, 1.54) is 35.9 Å². The van der Waals surface area contributed by atoms with Crippen molar-refractivity contribution in [1.29, 1.82) is 0 Å². The Kier molecular flexibility index (Phi) is 5.45. The molecule has 1 aliphatic carbocycles. The highest BCUT2D eigenvalue weighted by molar-refractivity contribution is 7.98. The topological polar surface area (TPSA) is 78.9 Å². The molecule has 0 amide bonds. The Labute approximate surface area is 172 Å². The quantitative estimate of drug-likeness (QED) is 0.486. The van der Waals surface area contributed by atoms with Gasteiger partial charge in [0.1, 0.15) is 0 Å². The molecular weight excluding hydrogens is 388 g/mol. The summed E-state index contributed by atoms with van der Waals surface area (Å²) in [7, 11) is 3.12. The molecule has 0 aliphatic heterocycles. The highest BCUT2D eigenvalue weighted by Crippen LogP contribution is 2.31. The van der Waals surface area contributed by atoms with Gasteiger partial charge < -0.3 is 0 Å². The smallest absolute Gasteiger partial charge is 0.300 e. The molecule has 1 fully saturated rings. The van der Waals surface area contributed by atoms with Gasteiger partial charge in [0, 0.05) is 37.7 Å². The molecule has 2 aromatic heterocycles. The fourth-order valence-corrected chi connectivity index (χ4v) is 5.03. The minimum Gasteiger partial charge on any atom is -0.300 e. The number of fused-ring (bicyclic) bond motifs is 1. The molecular formula is C21H24N4O3S. The van der Waals surface area contributed by atoms with Crippen LogP contribution in [0, 0.1) is 0 Å². The zero-order valence-corrected chi connectivity index (χ0v) is 17.4. The Morgan fingerprint density at radius 2 is 1.76 bits per heavy atom. The summed E-state index contributed by atoms with van der Waals surface area (Å²) in [6, 6.07) is 9.02. The van der Waals surface area contributed by atoms with Gasteiger partial charge in [-0.25, -0.2) is 9.78 Å². The largest absolute Gasteiger partial charge is 0.330 e. The lowest BCUT2D eigenvalue weighted by Gasteiger charge is -2.26. The first-order chi connectivity index (χ1) is 14.0. The predicted octanol–water partition coefficient (Wildman–Crippen LogP) is 2.59. The molecule has 152 valence electrons. The molecule has 8 heteroatoms. The first-order valence-electron chi connectivity index (χ1n) is 9.87. The van der Waals surface area contributed by atoms with Crippen molar-refractivity contribution in [1.82, 2.24) is 18.7 Å². The van der Waals surface area contributed by atoms with E-state index in [2.05, 4.69) is 0 Å². The third-order valence-corrected chi connectivity index (χ3v) is 6.68. The molecule has 0 N–H and O–H groups in total. The van der Waals surface area contributed by atoms with Crippen molar-refractivity contribution < 1.29 is 0 Å². The number of para-hydroxylation sites is 1. The number of thioether (sulfide) groups is 1. The summed E-state index contributed by atoms with van der Waals surface area (Å²) in [5.41, 5.74) is 0.581. The first-order valence-corrected chi connectivity index (χ1v) is 10.9. The van der Waals surface area contributed by atoms with Crippen LogP contribution in [-0.4, -0.2) is 18.7 Å². The highest BCUT2D eigenvalue weighted by Gasteiger charge is 2.22. The van der Waals surface area contributed by atoms with Gasteiger partial charge in [0.05, 0.1) is 10.9 Å². The minimum absolute atomic E-state index is 0.0112. The molecule has 29 heavy (non-hydrogen) atoms. The summed E-state index contributed by atoms with van der Waals surface area (Å²) in [5.74, 6) is 0.388. The lowest BCUT2D eigenvalue weighted by Crippen LogP contribution is -2.37. The van der Waals surface area contributed by atoms with E-state index in [9.17, 15) is 14.4 Å². The average Bonchev–Trinajstić information content (AvgIpc) is 2.74. The lowest BCUT2D eigenvalue weighted by atomic mass is 9.95. The summed E-state index contributed by atoms with van der Waals surface area (Å²) in [4.78, 5) is 42.3. The summed E-state index contributed by atoms with van der Waals surface area (Å²) in [5, 5.41) is 1.28. The van der Waals surface area contributed by atoms with Gasteiger partial charge in [-0.15, -0.1) is 0 Å². The summed E-state index contributed by atoms with van der Waals surface area (Å²) in [6.45, 7) is 0. The van der Waals surface area contributed by atoms with E-state index in [1.54, 1.807) is 7.05 Å². The van der Waals surface area contributed by atoms with Gasteiger partial charge in [-0.2, -0.15) is 0 Å². The molecule has 1 aliphatic rings. The molecule has 0 radical (unpaired) electrons. The third-order valence-electron chi connectivity index (χ3n) is 5.69. The molecule has 0 spiro atoms. The SMILES string of the molecule is Cn1c(CSc2nc3ccccc3c(=O)n2C2CCCCC2)cc(=O)n(C)c1=O. The number of nitrogens with zero attached hydrogens (tertiary/aromatic N) is 4. The normalized spacial score (nSPS) is 15.1. The van der Waals surface area contributed by atoms with Gasteiger partial charge >= 0.3 is 5.69 Å². The number of rotatable bonds is 4. The predicted molar refractivity (Wildman–Crippen MR) is 115 cm³/mol. The Bertz CT molecular complexity index is 1240. The van der Waals surface area contributed by atoms with Crippen molar-refractivity contribution in [3.63, 3.8) is 0 Å².